The van der Waals surface area contributed by atoms with E-state index in [1.807, 2.05) is 12.1 Å². The van der Waals surface area contributed by atoms with Crippen LogP contribution in [-0.4, -0.2) is 22.1 Å². The molecular formula is C19H27NO. The minimum absolute atomic E-state index is 0.0922. The molecule has 114 valence electrons. The van der Waals surface area contributed by atoms with E-state index in [4.69, 9.17) is 0 Å². The first-order valence-corrected chi connectivity index (χ1v) is 7.84. The molecule has 0 aromatic heterocycles. The van der Waals surface area contributed by atoms with Crippen LogP contribution in [0.4, 0.5) is 0 Å². The molecule has 21 heavy (non-hydrogen) atoms. The van der Waals surface area contributed by atoms with Crippen LogP contribution in [0, 0.1) is 0 Å². The van der Waals surface area contributed by atoms with Crippen LogP contribution in [0.2, 0.25) is 0 Å². The van der Waals surface area contributed by atoms with E-state index >= 15 is 0 Å². The van der Waals surface area contributed by atoms with Gasteiger partial charge < -0.3 is 5.11 Å². The molecule has 2 heteroatoms. The number of rotatable bonds is 5. The van der Waals surface area contributed by atoms with Crippen molar-refractivity contribution < 1.29 is 5.11 Å². The molecule has 0 bridgehead atoms. The molecular weight excluding hydrogens is 258 g/mol. The second-order valence-corrected chi connectivity index (χ2v) is 6.37. The van der Waals surface area contributed by atoms with Gasteiger partial charge in [0.25, 0.3) is 0 Å². The van der Waals surface area contributed by atoms with Gasteiger partial charge in [-0.25, -0.2) is 0 Å². The van der Waals surface area contributed by atoms with Gasteiger partial charge in [0.05, 0.1) is 12.1 Å². The highest BCUT2D eigenvalue weighted by molar-refractivity contribution is 5.37. The fourth-order valence-electron chi connectivity index (χ4n) is 3.58. The predicted molar refractivity (Wildman–Crippen MR) is 89.1 cm³/mol. The highest BCUT2D eigenvalue weighted by atomic mass is 16.3. The van der Waals surface area contributed by atoms with Crippen LogP contribution in [0.25, 0.3) is 0 Å². The van der Waals surface area contributed by atoms with Crippen LogP contribution in [0.15, 0.2) is 48.6 Å². The Kier molecular flexibility index (Phi) is 5.02. The van der Waals surface area contributed by atoms with Crippen molar-refractivity contribution in [3.8, 4) is 0 Å². The predicted octanol–water partition coefficient (Wildman–Crippen LogP) is 4.01. The van der Waals surface area contributed by atoms with Gasteiger partial charge in [-0.05, 0) is 45.2 Å². The summed E-state index contributed by atoms with van der Waals surface area (Å²) in [7, 11) is 0. The van der Waals surface area contributed by atoms with Gasteiger partial charge in [0, 0.05) is 12.1 Å². The molecule has 1 aromatic carbocycles. The molecule has 2 rings (SSSR count). The third kappa shape index (κ3) is 3.12. The topological polar surface area (TPSA) is 23.5 Å². The average molecular weight is 285 g/mol. The van der Waals surface area contributed by atoms with E-state index in [-0.39, 0.29) is 12.1 Å². The summed E-state index contributed by atoms with van der Waals surface area (Å²) >= 11 is 0. The Morgan fingerprint density at radius 1 is 1.05 bits per heavy atom. The van der Waals surface area contributed by atoms with Crippen LogP contribution in [-0.2, 0) is 12.1 Å². The summed E-state index contributed by atoms with van der Waals surface area (Å²) in [4.78, 5) is 2.57. The SMILES string of the molecule is CC(C)N(C(C)C)C1(c2ccc(CO)cc2)C=CC=CC1. The summed E-state index contributed by atoms with van der Waals surface area (Å²) in [5.74, 6) is 0. The fourth-order valence-corrected chi connectivity index (χ4v) is 3.58. The summed E-state index contributed by atoms with van der Waals surface area (Å²) < 4.78 is 0. The number of allylic oxidation sites excluding steroid dienone is 2. The lowest BCUT2D eigenvalue weighted by Crippen LogP contribution is -2.52. The van der Waals surface area contributed by atoms with Gasteiger partial charge >= 0.3 is 0 Å². The van der Waals surface area contributed by atoms with Crippen LogP contribution < -0.4 is 0 Å². The summed E-state index contributed by atoms with van der Waals surface area (Å²) in [5.41, 5.74) is 2.16. The molecule has 1 atom stereocenters. The number of aliphatic hydroxyl groups excluding tert-OH is 1. The maximum Gasteiger partial charge on any atom is 0.0687 e. The Hall–Kier alpha value is -1.38. The van der Waals surface area contributed by atoms with Crippen LogP contribution in [0.1, 0.15) is 45.2 Å². The van der Waals surface area contributed by atoms with E-state index in [9.17, 15) is 5.11 Å². The first-order valence-electron chi connectivity index (χ1n) is 7.84. The fraction of sp³-hybridized carbons (Fsp3) is 0.474. The number of hydrogen-bond acceptors (Lipinski definition) is 2. The zero-order valence-electron chi connectivity index (χ0n) is 13.6. The Morgan fingerprint density at radius 2 is 1.67 bits per heavy atom. The van der Waals surface area contributed by atoms with Crippen molar-refractivity contribution in [1.82, 2.24) is 4.90 Å². The minimum atomic E-state index is -0.0922. The lowest BCUT2D eigenvalue weighted by atomic mass is 9.80. The van der Waals surface area contributed by atoms with Crippen molar-refractivity contribution in [1.29, 1.82) is 0 Å². The Balaban J connectivity index is 2.50. The number of nitrogens with zero attached hydrogens (tertiary/aromatic N) is 1. The second kappa shape index (κ2) is 6.59. The summed E-state index contributed by atoms with van der Waals surface area (Å²) in [6.07, 6.45) is 9.83. The summed E-state index contributed by atoms with van der Waals surface area (Å²) in [5, 5.41) is 9.25. The molecule has 0 spiro atoms. The lowest BCUT2D eigenvalue weighted by molar-refractivity contribution is 0.0573. The van der Waals surface area contributed by atoms with Gasteiger partial charge in [-0.3, -0.25) is 4.90 Å². The Bertz CT molecular complexity index is 505. The van der Waals surface area contributed by atoms with Crippen molar-refractivity contribution in [2.24, 2.45) is 0 Å². The number of hydrogen-bond donors (Lipinski definition) is 1. The van der Waals surface area contributed by atoms with Crippen LogP contribution in [0.5, 0.6) is 0 Å². The maximum atomic E-state index is 9.25. The lowest BCUT2D eigenvalue weighted by Gasteiger charge is -2.48. The molecule has 0 fully saturated rings. The second-order valence-electron chi connectivity index (χ2n) is 6.37. The molecule has 1 aliphatic carbocycles. The summed E-state index contributed by atoms with van der Waals surface area (Å²) in [6, 6.07) is 9.29. The van der Waals surface area contributed by atoms with Gasteiger partial charge in [0.2, 0.25) is 0 Å². The van der Waals surface area contributed by atoms with Crippen LogP contribution >= 0.6 is 0 Å². The molecule has 1 aliphatic rings. The summed E-state index contributed by atoms with van der Waals surface area (Å²) in [6.45, 7) is 9.14. The van der Waals surface area contributed by atoms with E-state index in [0.29, 0.717) is 12.1 Å². The van der Waals surface area contributed by atoms with Gasteiger partial charge in [-0.2, -0.15) is 0 Å². The molecule has 1 aromatic rings. The largest absolute Gasteiger partial charge is 0.392 e. The molecule has 0 radical (unpaired) electrons. The number of aliphatic hydroxyl groups is 1. The van der Waals surface area contributed by atoms with E-state index in [2.05, 4.69) is 69.0 Å². The third-order valence-corrected chi connectivity index (χ3v) is 4.26. The monoisotopic (exact) mass is 285 g/mol. The normalized spacial score (nSPS) is 21.7. The first kappa shape index (κ1) is 16.0. The minimum Gasteiger partial charge on any atom is -0.392 e. The molecule has 0 saturated carbocycles. The standard InChI is InChI=1S/C19H27NO/c1-15(2)20(16(3)4)19(12-6-5-7-13-19)18-10-8-17(14-21)9-11-18/h5-12,15-16,21H,13-14H2,1-4H3. The molecule has 1 N–H and O–H groups in total. The van der Waals surface area contributed by atoms with Crippen molar-refractivity contribution in [3.05, 3.63) is 59.7 Å². The molecule has 1 unspecified atom stereocenters. The zero-order valence-corrected chi connectivity index (χ0v) is 13.6. The molecule has 0 aliphatic heterocycles. The quantitative estimate of drug-likeness (QED) is 0.883. The molecule has 2 nitrogen and oxygen atoms in total. The smallest absolute Gasteiger partial charge is 0.0687 e. The highest BCUT2D eigenvalue weighted by Gasteiger charge is 2.38. The highest BCUT2D eigenvalue weighted by Crippen LogP contribution is 2.39. The molecule has 0 amide bonds. The first-order chi connectivity index (χ1) is 10.0. The molecule has 0 heterocycles. The number of benzene rings is 1. The van der Waals surface area contributed by atoms with Crippen molar-refractivity contribution >= 4 is 0 Å². The van der Waals surface area contributed by atoms with Crippen molar-refractivity contribution in [2.45, 2.75) is 58.3 Å². The Labute approximate surface area is 128 Å². The van der Waals surface area contributed by atoms with E-state index in [1.165, 1.54) is 5.56 Å². The van der Waals surface area contributed by atoms with E-state index in [1.54, 1.807) is 0 Å². The Morgan fingerprint density at radius 3 is 2.10 bits per heavy atom. The van der Waals surface area contributed by atoms with Crippen molar-refractivity contribution in [3.63, 3.8) is 0 Å². The molecule has 0 saturated heterocycles. The van der Waals surface area contributed by atoms with Gasteiger partial charge in [0.15, 0.2) is 0 Å². The van der Waals surface area contributed by atoms with Gasteiger partial charge in [-0.15, -0.1) is 0 Å². The van der Waals surface area contributed by atoms with Crippen molar-refractivity contribution in [2.75, 3.05) is 0 Å². The van der Waals surface area contributed by atoms with E-state index < -0.39 is 0 Å². The maximum absolute atomic E-state index is 9.25. The zero-order chi connectivity index (χ0) is 15.5. The van der Waals surface area contributed by atoms with Gasteiger partial charge in [0.1, 0.15) is 0 Å². The third-order valence-electron chi connectivity index (χ3n) is 4.26. The van der Waals surface area contributed by atoms with E-state index in [0.717, 1.165) is 12.0 Å². The van der Waals surface area contributed by atoms with Gasteiger partial charge in [-0.1, -0.05) is 48.6 Å². The average Bonchev–Trinajstić information content (AvgIpc) is 2.47. The van der Waals surface area contributed by atoms with Crippen LogP contribution in [0.3, 0.4) is 0 Å².